The largest absolute Gasteiger partial charge is 1.00 e. The topological polar surface area (TPSA) is 0 Å². The molecular formula is C7H17LiSi. The normalized spacial score (nSPS) is 9.33. The smallest absolute Gasteiger partial charge is 0.260 e. The second kappa shape index (κ2) is 8.81. The van der Waals surface area contributed by atoms with Crippen molar-refractivity contribution in [3.63, 3.8) is 0 Å². The monoisotopic (exact) mass is 136 g/mol. The molecule has 0 atom stereocenters. The van der Waals surface area contributed by atoms with Crippen LogP contribution in [0.3, 0.4) is 0 Å². The van der Waals surface area contributed by atoms with Gasteiger partial charge in [0.25, 0.3) is 0 Å². The molecule has 0 aliphatic heterocycles. The first-order valence-electron chi connectivity index (χ1n) is 3.68. The maximum atomic E-state index is 2.33. The van der Waals surface area contributed by atoms with Crippen molar-refractivity contribution < 1.29 is 18.9 Å². The fourth-order valence-corrected chi connectivity index (χ4v) is 2.87. The third-order valence-corrected chi connectivity index (χ3v) is 4.81. The molecule has 9 heavy (non-hydrogen) atoms. The molecule has 0 aliphatic carbocycles. The summed E-state index contributed by atoms with van der Waals surface area (Å²) in [6.07, 6.45) is 1.40. The van der Waals surface area contributed by atoms with Crippen molar-refractivity contribution in [2.45, 2.75) is 45.3 Å². The summed E-state index contributed by atoms with van der Waals surface area (Å²) in [5, 5.41) is 0. The van der Waals surface area contributed by atoms with Crippen molar-refractivity contribution in [1.82, 2.24) is 0 Å². The summed E-state index contributed by atoms with van der Waals surface area (Å²) in [6, 6.07) is 4.46. The van der Waals surface area contributed by atoms with Crippen LogP contribution in [0, 0.1) is 0 Å². The Bertz CT molecular complexity index is 44.2. The van der Waals surface area contributed by atoms with Crippen LogP contribution in [0.15, 0.2) is 0 Å². The minimum absolute atomic E-state index is 0. The molecule has 0 N–H and O–H groups in total. The summed E-state index contributed by atoms with van der Waals surface area (Å²) in [7, 11) is 0.126. The Kier molecular flexibility index (Phi) is 12.2. The van der Waals surface area contributed by atoms with Crippen LogP contribution in [0.5, 0.6) is 0 Å². The molecule has 0 saturated heterocycles. The molecule has 2 heteroatoms. The molecule has 0 aliphatic rings. The van der Waals surface area contributed by atoms with E-state index >= 15 is 0 Å². The van der Waals surface area contributed by atoms with Gasteiger partial charge in [0.05, 0.1) is 0 Å². The molecule has 0 aromatic carbocycles. The van der Waals surface area contributed by atoms with E-state index in [1.54, 1.807) is 0 Å². The average molecular weight is 136 g/mol. The maximum absolute atomic E-state index is 2.33. The molecule has 0 spiro atoms. The van der Waals surface area contributed by atoms with E-state index in [1.165, 1.54) is 24.6 Å². The standard InChI is InChI=1S/C7H17Si.Li/c1-4-7-8(5-2)6-3;/h4-7H2,1-3H3;/q-1;+1. The van der Waals surface area contributed by atoms with Crippen LogP contribution >= 0.6 is 0 Å². The van der Waals surface area contributed by atoms with Gasteiger partial charge in [-0.25, -0.2) is 0 Å². The second-order valence-corrected chi connectivity index (χ2v) is 5.62. The van der Waals surface area contributed by atoms with Gasteiger partial charge in [-0.3, -0.25) is 8.80 Å². The van der Waals surface area contributed by atoms with Crippen molar-refractivity contribution in [3.05, 3.63) is 0 Å². The summed E-state index contributed by atoms with van der Waals surface area (Å²) < 4.78 is 0. The molecule has 0 amide bonds. The Labute approximate surface area is 73.2 Å². The van der Waals surface area contributed by atoms with Gasteiger partial charge in [0.2, 0.25) is 0 Å². The summed E-state index contributed by atoms with van der Waals surface area (Å²) in [5.74, 6) is 0. The van der Waals surface area contributed by atoms with E-state index in [4.69, 9.17) is 0 Å². The van der Waals surface area contributed by atoms with Crippen LogP contribution in [0.1, 0.15) is 27.2 Å². The average Bonchev–Trinajstić information content (AvgIpc) is 1.83. The fourth-order valence-electron chi connectivity index (χ4n) is 0.957. The van der Waals surface area contributed by atoms with Gasteiger partial charge in [-0.2, -0.15) is 18.1 Å². The van der Waals surface area contributed by atoms with Gasteiger partial charge in [0, 0.05) is 0 Å². The minimum atomic E-state index is 0. The van der Waals surface area contributed by atoms with Crippen molar-refractivity contribution in [2.24, 2.45) is 0 Å². The molecule has 0 saturated carbocycles. The first-order chi connectivity index (χ1) is 3.85. The summed E-state index contributed by atoms with van der Waals surface area (Å²) in [4.78, 5) is 0. The number of hydrogen-bond donors (Lipinski definition) is 0. The summed E-state index contributed by atoms with van der Waals surface area (Å²) in [5.41, 5.74) is 0. The molecule has 0 rings (SSSR count). The molecule has 50 valence electrons. The summed E-state index contributed by atoms with van der Waals surface area (Å²) >= 11 is 0. The molecule has 0 nitrogen and oxygen atoms in total. The summed E-state index contributed by atoms with van der Waals surface area (Å²) in [6.45, 7) is 6.94. The Hall–Kier alpha value is 0.814. The first-order valence-corrected chi connectivity index (χ1v) is 5.80. The van der Waals surface area contributed by atoms with E-state index in [-0.39, 0.29) is 27.7 Å². The van der Waals surface area contributed by atoms with E-state index < -0.39 is 0 Å². The zero-order valence-electron chi connectivity index (χ0n) is 7.33. The van der Waals surface area contributed by atoms with Gasteiger partial charge < -0.3 is 0 Å². The molecule has 0 radical (unpaired) electrons. The molecular weight excluding hydrogens is 119 g/mol. The van der Waals surface area contributed by atoms with Gasteiger partial charge in [0.1, 0.15) is 0 Å². The van der Waals surface area contributed by atoms with E-state index in [0.717, 1.165) is 0 Å². The Morgan fingerprint density at radius 2 is 1.44 bits per heavy atom. The Balaban J connectivity index is 0. The number of hydrogen-bond acceptors (Lipinski definition) is 0. The van der Waals surface area contributed by atoms with E-state index in [0.29, 0.717) is 0 Å². The number of rotatable bonds is 4. The van der Waals surface area contributed by atoms with Gasteiger partial charge in [-0.1, -0.05) is 27.2 Å². The van der Waals surface area contributed by atoms with Gasteiger partial charge >= 0.3 is 18.9 Å². The van der Waals surface area contributed by atoms with E-state index in [1.807, 2.05) is 0 Å². The predicted molar refractivity (Wildman–Crippen MR) is 41.8 cm³/mol. The molecule has 0 unspecified atom stereocenters. The van der Waals surface area contributed by atoms with Crippen LogP contribution in [0.2, 0.25) is 18.1 Å². The quantitative estimate of drug-likeness (QED) is 0.475. The first kappa shape index (κ1) is 12.5. The molecule has 0 bridgehead atoms. The van der Waals surface area contributed by atoms with E-state index in [9.17, 15) is 0 Å². The third-order valence-electron chi connectivity index (χ3n) is 1.60. The molecule has 0 aromatic heterocycles. The third kappa shape index (κ3) is 6.70. The van der Waals surface area contributed by atoms with Gasteiger partial charge in [-0.05, 0) is 0 Å². The van der Waals surface area contributed by atoms with Crippen LogP contribution in [-0.2, 0) is 0 Å². The molecule has 0 fully saturated rings. The second-order valence-electron chi connectivity index (χ2n) is 2.21. The minimum Gasteiger partial charge on any atom is -0.260 e. The van der Waals surface area contributed by atoms with E-state index in [2.05, 4.69) is 20.8 Å². The molecule has 0 heterocycles. The van der Waals surface area contributed by atoms with Gasteiger partial charge in [0.15, 0.2) is 0 Å². The van der Waals surface area contributed by atoms with Gasteiger partial charge in [-0.15, -0.1) is 0 Å². The van der Waals surface area contributed by atoms with Crippen LogP contribution < -0.4 is 18.9 Å². The predicted octanol–water partition coefficient (Wildman–Crippen LogP) is -0.0650. The SMILES string of the molecule is CCC[Si-](CC)CC.[Li+]. The van der Waals surface area contributed by atoms with Crippen molar-refractivity contribution in [3.8, 4) is 0 Å². The Morgan fingerprint density at radius 1 is 1.00 bits per heavy atom. The Morgan fingerprint density at radius 3 is 1.56 bits per heavy atom. The van der Waals surface area contributed by atoms with Crippen LogP contribution in [0.25, 0.3) is 0 Å². The van der Waals surface area contributed by atoms with Crippen molar-refractivity contribution in [2.75, 3.05) is 0 Å². The van der Waals surface area contributed by atoms with Crippen molar-refractivity contribution >= 4 is 8.80 Å². The maximum Gasteiger partial charge on any atom is 1.00 e. The van der Waals surface area contributed by atoms with Crippen LogP contribution in [0.4, 0.5) is 0 Å². The zero-order chi connectivity index (χ0) is 6.41. The van der Waals surface area contributed by atoms with Crippen LogP contribution in [-0.4, -0.2) is 8.80 Å². The molecule has 0 aromatic rings. The zero-order valence-corrected chi connectivity index (χ0v) is 8.33. The fraction of sp³-hybridized carbons (Fsp3) is 1.00. The van der Waals surface area contributed by atoms with Crippen molar-refractivity contribution in [1.29, 1.82) is 0 Å².